The number of piperazine rings is 1. The molecule has 3 rings (SSSR count). The van der Waals surface area contributed by atoms with Gasteiger partial charge in [0.1, 0.15) is 5.69 Å². The third-order valence-corrected chi connectivity index (χ3v) is 4.65. The molecular formula is C17H23N3O2. The van der Waals surface area contributed by atoms with Gasteiger partial charge in [0.2, 0.25) is 0 Å². The Bertz CT molecular complexity index is 685. The van der Waals surface area contributed by atoms with Crippen LogP contribution in [-0.4, -0.2) is 65.1 Å². The number of aliphatic hydroxyl groups is 1. The van der Waals surface area contributed by atoms with E-state index >= 15 is 0 Å². The zero-order valence-corrected chi connectivity index (χ0v) is 13.2. The van der Waals surface area contributed by atoms with Crippen LogP contribution in [0.4, 0.5) is 0 Å². The summed E-state index contributed by atoms with van der Waals surface area (Å²) in [5, 5.41) is 10.1. The van der Waals surface area contributed by atoms with E-state index in [1.807, 2.05) is 17.0 Å². The van der Waals surface area contributed by atoms with Crippen LogP contribution in [0.15, 0.2) is 18.2 Å². The molecule has 118 valence electrons. The maximum absolute atomic E-state index is 12.7. The molecule has 2 aromatic rings. The number of carbonyl (C=O) groups excluding carboxylic acids is 1. The van der Waals surface area contributed by atoms with Crippen molar-refractivity contribution in [2.24, 2.45) is 0 Å². The average Bonchev–Trinajstić information content (AvgIpc) is 2.96. The SMILES string of the molecule is Cc1ccc2[nH]c(C(=O)N3CCN(CCO)CC3)cc2c1C. The van der Waals surface area contributed by atoms with E-state index in [0.29, 0.717) is 25.3 Å². The quantitative estimate of drug-likeness (QED) is 0.904. The first kappa shape index (κ1) is 15.1. The van der Waals surface area contributed by atoms with E-state index in [-0.39, 0.29) is 12.5 Å². The van der Waals surface area contributed by atoms with Gasteiger partial charge in [-0.05, 0) is 37.1 Å². The minimum atomic E-state index is 0.0666. The number of aliphatic hydroxyl groups excluding tert-OH is 1. The summed E-state index contributed by atoms with van der Waals surface area (Å²) in [6.45, 7) is 8.12. The van der Waals surface area contributed by atoms with E-state index in [1.165, 1.54) is 11.1 Å². The molecule has 0 bridgehead atoms. The highest BCUT2D eigenvalue weighted by Crippen LogP contribution is 2.23. The number of aromatic amines is 1. The minimum absolute atomic E-state index is 0.0666. The molecule has 0 radical (unpaired) electrons. The van der Waals surface area contributed by atoms with Gasteiger partial charge in [-0.3, -0.25) is 9.69 Å². The molecule has 1 aromatic heterocycles. The van der Waals surface area contributed by atoms with Gasteiger partial charge in [0.05, 0.1) is 6.61 Å². The summed E-state index contributed by atoms with van der Waals surface area (Å²) in [6.07, 6.45) is 0. The monoisotopic (exact) mass is 301 g/mol. The lowest BCUT2D eigenvalue weighted by atomic mass is 10.1. The van der Waals surface area contributed by atoms with E-state index in [4.69, 9.17) is 5.11 Å². The van der Waals surface area contributed by atoms with Gasteiger partial charge < -0.3 is 15.0 Å². The van der Waals surface area contributed by atoms with Gasteiger partial charge in [-0.25, -0.2) is 0 Å². The third kappa shape index (κ3) is 2.74. The molecule has 2 heterocycles. The molecule has 0 saturated carbocycles. The van der Waals surface area contributed by atoms with Crippen LogP contribution >= 0.6 is 0 Å². The number of benzene rings is 1. The maximum atomic E-state index is 12.7. The Morgan fingerprint density at radius 2 is 1.95 bits per heavy atom. The van der Waals surface area contributed by atoms with E-state index < -0.39 is 0 Å². The van der Waals surface area contributed by atoms with Crippen LogP contribution in [-0.2, 0) is 0 Å². The molecule has 2 N–H and O–H groups in total. The van der Waals surface area contributed by atoms with Crippen LogP contribution in [0.3, 0.4) is 0 Å². The lowest BCUT2D eigenvalue weighted by molar-refractivity contribution is 0.0610. The molecule has 5 heteroatoms. The van der Waals surface area contributed by atoms with Crippen molar-refractivity contribution in [3.05, 3.63) is 35.0 Å². The molecule has 0 aliphatic carbocycles. The van der Waals surface area contributed by atoms with Crippen LogP contribution < -0.4 is 0 Å². The Kier molecular flexibility index (Phi) is 4.18. The molecule has 0 spiro atoms. The number of aryl methyl sites for hydroxylation is 2. The molecule has 1 fully saturated rings. The van der Waals surface area contributed by atoms with Crippen molar-refractivity contribution in [3.8, 4) is 0 Å². The minimum Gasteiger partial charge on any atom is -0.395 e. The summed E-state index contributed by atoms with van der Waals surface area (Å²) >= 11 is 0. The number of amides is 1. The summed E-state index contributed by atoms with van der Waals surface area (Å²) in [4.78, 5) is 20.0. The largest absolute Gasteiger partial charge is 0.395 e. The van der Waals surface area contributed by atoms with Gasteiger partial charge in [0, 0.05) is 43.6 Å². The molecule has 1 amide bonds. The van der Waals surface area contributed by atoms with E-state index in [9.17, 15) is 4.79 Å². The number of hydrogen-bond acceptors (Lipinski definition) is 3. The number of nitrogens with zero attached hydrogens (tertiary/aromatic N) is 2. The Labute approximate surface area is 130 Å². The average molecular weight is 301 g/mol. The number of fused-ring (bicyclic) bond motifs is 1. The standard InChI is InChI=1S/C17H23N3O2/c1-12-3-4-15-14(13(12)2)11-16(18-15)17(22)20-7-5-19(6-8-20)9-10-21/h3-4,11,18,21H,5-10H2,1-2H3. The maximum Gasteiger partial charge on any atom is 0.270 e. The van der Waals surface area contributed by atoms with Crippen LogP contribution in [0.1, 0.15) is 21.6 Å². The summed E-state index contributed by atoms with van der Waals surface area (Å²) in [7, 11) is 0. The van der Waals surface area contributed by atoms with Crippen molar-refractivity contribution in [1.82, 2.24) is 14.8 Å². The first-order valence-corrected chi connectivity index (χ1v) is 7.81. The Morgan fingerprint density at radius 3 is 2.64 bits per heavy atom. The van der Waals surface area contributed by atoms with Gasteiger partial charge in [-0.15, -0.1) is 0 Å². The van der Waals surface area contributed by atoms with Crippen molar-refractivity contribution in [2.75, 3.05) is 39.3 Å². The fourth-order valence-electron chi connectivity index (χ4n) is 3.06. The highest BCUT2D eigenvalue weighted by molar-refractivity contribution is 5.99. The van der Waals surface area contributed by atoms with E-state index in [1.54, 1.807) is 0 Å². The second-order valence-corrected chi connectivity index (χ2v) is 6.01. The van der Waals surface area contributed by atoms with Crippen molar-refractivity contribution >= 4 is 16.8 Å². The predicted octanol–water partition coefficient (Wildman–Crippen LogP) is 1.53. The Morgan fingerprint density at radius 1 is 1.23 bits per heavy atom. The highest BCUT2D eigenvalue weighted by atomic mass is 16.3. The highest BCUT2D eigenvalue weighted by Gasteiger charge is 2.23. The van der Waals surface area contributed by atoms with Gasteiger partial charge in [0.15, 0.2) is 0 Å². The molecule has 1 aliphatic heterocycles. The number of carbonyl (C=O) groups is 1. The lowest BCUT2D eigenvalue weighted by Crippen LogP contribution is -2.49. The van der Waals surface area contributed by atoms with Crippen molar-refractivity contribution in [1.29, 1.82) is 0 Å². The molecule has 0 unspecified atom stereocenters. The molecule has 22 heavy (non-hydrogen) atoms. The Hall–Kier alpha value is -1.85. The Balaban J connectivity index is 1.77. The number of H-pyrrole nitrogens is 1. The topological polar surface area (TPSA) is 59.6 Å². The number of nitrogens with one attached hydrogen (secondary N) is 1. The summed E-state index contributed by atoms with van der Waals surface area (Å²) in [5.41, 5.74) is 4.15. The predicted molar refractivity (Wildman–Crippen MR) is 87.2 cm³/mol. The first-order valence-electron chi connectivity index (χ1n) is 7.81. The van der Waals surface area contributed by atoms with Crippen LogP contribution in [0.25, 0.3) is 10.9 Å². The molecule has 0 atom stereocenters. The van der Waals surface area contributed by atoms with Crippen LogP contribution in [0.2, 0.25) is 0 Å². The molecule has 1 aliphatic rings. The van der Waals surface area contributed by atoms with Gasteiger partial charge in [0.25, 0.3) is 5.91 Å². The number of aromatic nitrogens is 1. The van der Waals surface area contributed by atoms with E-state index in [2.05, 4.69) is 29.8 Å². The zero-order valence-electron chi connectivity index (χ0n) is 13.2. The van der Waals surface area contributed by atoms with E-state index in [0.717, 1.165) is 24.0 Å². The number of hydrogen-bond donors (Lipinski definition) is 2. The molecular weight excluding hydrogens is 278 g/mol. The smallest absolute Gasteiger partial charge is 0.270 e. The van der Waals surface area contributed by atoms with Gasteiger partial charge in [-0.1, -0.05) is 6.07 Å². The van der Waals surface area contributed by atoms with Crippen LogP contribution in [0, 0.1) is 13.8 Å². The molecule has 1 aromatic carbocycles. The number of β-amino-alcohol motifs (C(OH)–C–C–N with tert-alkyl or cyclic N) is 1. The van der Waals surface area contributed by atoms with Crippen molar-refractivity contribution in [2.45, 2.75) is 13.8 Å². The summed E-state index contributed by atoms with van der Waals surface area (Å²) in [6, 6.07) is 6.09. The van der Waals surface area contributed by atoms with Gasteiger partial charge in [-0.2, -0.15) is 0 Å². The normalized spacial score (nSPS) is 16.4. The third-order valence-electron chi connectivity index (χ3n) is 4.65. The molecule has 1 saturated heterocycles. The summed E-state index contributed by atoms with van der Waals surface area (Å²) in [5.74, 6) is 0.0666. The fraction of sp³-hybridized carbons (Fsp3) is 0.471. The molecule has 5 nitrogen and oxygen atoms in total. The number of rotatable bonds is 3. The van der Waals surface area contributed by atoms with Crippen LogP contribution in [0.5, 0.6) is 0 Å². The fourth-order valence-corrected chi connectivity index (χ4v) is 3.06. The summed E-state index contributed by atoms with van der Waals surface area (Å²) < 4.78 is 0. The zero-order chi connectivity index (χ0) is 15.7. The van der Waals surface area contributed by atoms with Crippen molar-refractivity contribution < 1.29 is 9.90 Å². The van der Waals surface area contributed by atoms with Crippen molar-refractivity contribution in [3.63, 3.8) is 0 Å². The second-order valence-electron chi connectivity index (χ2n) is 6.01. The first-order chi connectivity index (χ1) is 10.6. The van der Waals surface area contributed by atoms with Gasteiger partial charge >= 0.3 is 0 Å². The second kappa shape index (κ2) is 6.10. The lowest BCUT2D eigenvalue weighted by Gasteiger charge is -2.34.